The number of amides is 1. The maximum atomic E-state index is 14.0. The molecular formula is C20H24BrFN4O2S. The van der Waals surface area contributed by atoms with Gasteiger partial charge in [-0.05, 0) is 31.0 Å². The van der Waals surface area contributed by atoms with E-state index in [1.165, 1.54) is 17.6 Å². The molecule has 2 aliphatic heterocycles. The van der Waals surface area contributed by atoms with Crippen molar-refractivity contribution in [3.05, 3.63) is 34.3 Å². The molecule has 0 bridgehead atoms. The van der Waals surface area contributed by atoms with Gasteiger partial charge in [0.25, 0.3) is 5.91 Å². The number of anilines is 1. The Labute approximate surface area is 182 Å². The van der Waals surface area contributed by atoms with E-state index >= 15 is 0 Å². The molecule has 4 rings (SSSR count). The molecule has 156 valence electrons. The summed E-state index contributed by atoms with van der Waals surface area (Å²) in [5.41, 5.74) is 0. The number of ether oxygens (including phenoxy) is 1. The smallest absolute Gasteiger partial charge is 0.263 e. The van der Waals surface area contributed by atoms with Gasteiger partial charge in [-0.3, -0.25) is 4.79 Å². The molecule has 0 spiro atoms. The lowest BCUT2D eigenvalue weighted by atomic mass is 10.0. The Bertz CT molecular complexity index is 885. The first-order valence-electron chi connectivity index (χ1n) is 9.93. The lowest BCUT2D eigenvalue weighted by Gasteiger charge is -2.36. The lowest BCUT2D eigenvalue weighted by Crippen LogP contribution is -2.47. The van der Waals surface area contributed by atoms with Crippen molar-refractivity contribution in [2.45, 2.75) is 51.2 Å². The van der Waals surface area contributed by atoms with Crippen molar-refractivity contribution in [3.8, 4) is 5.75 Å². The summed E-state index contributed by atoms with van der Waals surface area (Å²) in [4.78, 5) is 21.7. The van der Waals surface area contributed by atoms with Crippen molar-refractivity contribution in [1.29, 1.82) is 0 Å². The van der Waals surface area contributed by atoms with Crippen LogP contribution in [0, 0.1) is 5.82 Å². The summed E-state index contributed by atoms with van der Waals surface area (Å²) in [6.45, 7) is 6.55. The van der Waals surface area contributed by atoms with Crippen LogP contribution in [-0.2, 0) is 4.79 Å². The van der Waals surface area contributed by atoms with Gasteiger partial charge >= 0.3 is 0 Å². The van der Waals surface area contributed by atoms with Crippen molar-refractivity contribution in [2.75, 3.05) is 24.5 Å². The van der Waals surface area contributed by atoms with Crippen molar-refractivity contribution in [1.82, 2.24) is 14.3 Å². The minimum atomic E-state index is -0.611. The number of likely N-dealkylation sites (tertiary alicyclic amines) is 1. The van der Waals surface area contributed by atoms with E-state index in [0.717, 1.165) is 36.9 Å². The SMILES string of the molecule is CC(C)c1nsc(N2CCC(N3CC[C@H](Oc4ccc(Br)cc4F)C3=O)CC2)n1. The summed E-state index contributed by atoms with van der Waals surface area (Å²) < 4.78 is 24.8. The maximum absolute atomic E-state index is 14.0. The predicted molar refractivity (Wildman–Crippen MR) is 114 cm³/mol. The van der Waals surface area contributed by atoms with Gasteiger partial charge in [0.2, 0.25) is 5.13 Å². The molecule has 0 radical (unpaired) electrons. The van der Waals surface area contributed by atoms with Crippen LogP contribution in [0.4, 0.5) is 9.52 Å². The van der Waals surface area contributed by atoms with E-state index in [4.69, 9.17) is 4.74 Å². The first-order valence-corrected chi connectivity index (χ1v) is 11.5. The summed E-state index contributed by atoms with van der Waals surface area (Å²) in [6.07, 6.45) is 1.76. The highest BCUT2D eigenvalue weighted by molar-refractivity contribution is 9.10. The second kappa shape index (κ2) is 8.55. The molecule has 2 aliphatic rings. The van der Waals surface area contributed by atoms with Gasteiger partial charge in [-0.15, -0.1) is 0 Å². The minimum Gasteiger partial charge on any atom is -0.477 e. The van der Waals surface area contributed by atoms with Crippen LogP contribution in [-0.4, -0.2) is 51.9 Å². The third-order valence-corrected chi connectivity index (χ3v) is 6.76. The first-order chi connectivity index (χ1) is 13.9. The van der Waals surface area contributed by atoms with Crippen molar-refractivity contribution in [2.24, 2.45) is 0 Å². The quantitative estimate of drug-likeness (QED) is 0.638. The Morgan fingerprint density at radius 3 is 2.66 bits per heavy atom. The Hall–Kier alpha value is -1.74. The van der Waals surface area contributed by atoms with Gasteiger partial charge in [-0.2, -0.15) is 4.37 Å². The standard InChI is InChI=1S/C20H24BrFN4O2S/c1-12(2)18-23-20(29-24-18)25-8-5-14(6-9-25)26-10-7-17(19(26)27)28-16-4-3-13(21)11-15(16)22/h3-4,11-12,14,17H,5-10H2,1-2H3/t17-/m0/s1. The van der Waals surface area contributed by atoms with Crippen LogP contribution in [0.2, 0.25) is 0 Å². The zero-order valence-corrected chi connectivity index (χ0v) is 18.9. The summed E-state index contributed by atoms with van der Waals surface area (Å²) >= 11 is 4.68. The van der Waals surface area contributed by atoms with E-state index in [2.05, 4.69) is 44.0 Å². The number of piperidine rings is 1. The molecule has 0 N–H and O–H groups in total. The average molecular weight is 483 g/mol. The fraction of sp³-hybridized carbons (Fsp3) is 0.550. The Kier molecular flexibility index (Phi) is 6.06. The number of carbonyl (C=O) groups is 1. The normalized spacial score (nSPS) is 20.7. The topological polar surface area (TPSA) is 58.6 Å². The fourth-order valence-electron chi connectivity index (χ4n) is 3.83. The Morgan fingerprint density at radius 1 is 1.24 bits per heavy atom. The molecule has 0 unspecified atom stereocenters. The molecule has 2 aromatic rings. The van der Waals surface area contributed by atoms with Crippen LogP contribution < -0.4 is 9.64 Å². The van der Waals surface area contributed by atoms with Crippen LogP contribution in [0.5, 0.6) is 5.75 Å². The largest absolute Gasteiger partial charge is 0.477 e. The second-order valence-corrected chi connectivity index (χ2v) is 9.46. The number of rotatable bonds is 5. The van der Waals surface area contributed by atoms with Crippen molar-refractivity contribution >= 4 is 38.5 Å². The van der Waals surface area contributed by atoms with Crippen LogP contribution >= 0.6 is 27.5 Å². The zero-order valence-electron chi connectivity index (χ0n) is 16.5. The average Bonchev–Trinajstić information content (AvgIpc) is 3.32. The number of halogens is 2. The first kappa shape index (κ1) is 20.5. The molecule has 1 aromatic carbocycles. The number of benzene rings is 1. The minimum absolute atomic E-state index is 0.0382. The highest BCUT2D eigenvalue weighted by Crippen LogP contribution is 2.30. The summed E-state index contributed by atoms with van der Waals surface area (Å²) in [7, 11) is 0. The summed E-state index contributed by atoms with van der Waals surface area (Å²) in [5.74, 6) is 0.843. The van der Waals surface area contributed by atoms with E-state index in [9.17, 15) is 9.18 Å². The van der Waals surface area contributed by atoms with Gasteiger partial charge in [0.05, 0.1) is 0 Å². The van der Waals surface area contributed by atoms with Gasteiger partial charge in [0.15, 0.2) is 17.7 Å². The van der Waals surface area contributed by atoms with Crippen molar-refractivity contribution < 1.29 is 13.9 Å². The maximum Gasteiger partial charge on any atom is 0.263 e. The van der Waals surface area contributed by atoms with Crippen LogP contribution in [0.1, 0.15) is 44.9 Å². The Morgan fingerprint density at radius 2 is 2.00 bits per heavy atom. The number of nitrogens with zero attached hydrogens (tertiary/aromatic N) is 4. The van der Waals surface area contributed by atoms with Crippen molar-refractivity contribution in [3.63, 3.8) is 0 Å². The van der Waals surface area contributed by atoms with Gasteiger partial charge in [0, 0.05) is 54.0 Å². The number of carbonyl (C=O) groups excluding carboxylic acids is 1. The highest BCUT2D eigenvalue weighted by atomic mass is 79.9. The number of aromatic nitrogens is 2. The molecule has 1 atom stereocenters. The molecule has 1 amide bonds. The van der Waals surface area contributed by atoms with Gasteiger partial charge in [-0.25, -0.2) is 9.37 Å². The Balaban J connectivity index is 1.33. The number of hydrogen-bond donors (Lipinski definition) is 0. The molecule has 1 aromatic heterocycles. The van der Waals surface area contributed by atoms with E-state index in [1.54, 1.807) is 12.1 Å². The summed E-state index contributed by atoms with van der Waals surface area (Å²) in [6, 6.07) is 4.81. The van der Waals surface area contributed by atoms with E-state index in [0.29, 0.717) is 23.4 Å². The fourth-order valence-corrected chi connectivity index (χ4v) is 5.02. The molecule has 3 heterocycles. The summed E-state index contributed by atoms with van der Waals surface area (Å²) in [5, 5.41) is 0.965. The molecular weight excluding hydrogens is 459 g/mol. The molecule has 0 aliphatic carbocycles. The molecule has 6 nitrogen and oxygen atoms in total. The van der Waals surface area contributed by atoms with E-state index in [1.807, 2.05) is 4.90 Å². The third-order valence-electron chi connectivity index (χ3n) is 5.48. The highest BCUT2D eigenvalue weighted by Gasteiger charge is 2.39. The lowest BCUT2D eigenvalue weighted by molar-refractivity contribution is -0.135. The van der Waals surface area contributed by atoms with Crippen LogP contribution in [0.3, 0.4) is 0 Å². The van der Waals surface area contributed by atoms with Crippen LogP contribution in [0.15, 0.2) is 22.7 Å². The number of hydrogen-bond acceptors (Lipinski definition) is 6. The molecule has 29 heavy (non-hydrogen) atoms. The molecule has 2 saturated heterocycles. The van der Waals surface area contributed by atoms with Crippen LogP contribution in [0.25, 0.3) is 0 Å². The second-order valence-electron chi connectivity index (χ2n) is 7.81. The molecule has 0 saturated carbocycles. The monoisotopic (exact) mass is 482 g/mol. The predicted octanol–water partition coefficient (Wildman–Crippen LogP) is 4.21. The van der Waals surface area contributed by atoms with Gasteiger partial charge < -0.3 is 14.5 Å². The molecule has 9 heteroatoms. The van der Waals surface area contributed by atoms with E-state index in [-0.39, 0.29) is 17.7 Å². The van der Waals surface area contributed by atoms with E-state index < -0.39 is 11.9 Å². The van der Waals surface area contributed by atoms with Gasteiger partial charge in [0.1, 0.15) is 5.82 Å². The molecule has 2 fully saturated rings. The third kappa shape index (κ3) is 4.40. The zero-order chi connectivity index (χ0) is 20.5. The van der Waals surface area contributed by atoms with Gasteiger partial charge in [-0.1, -0.05) is 29.8 Å².